The number of aliphatic imine (C=N–C) groups is 1. The second-order valence-electron chi connectivity index (χ2n) is 8.60. The Morgan fingerprint density at radius 2 is 1.94 bits per heavy atom. The number of halogens is 3. The maximum Gasteiger partial charge on any atom is 0.416 e. The molecule has 2 aromatic carbocycles. The van der Waals surface area contributed by atoms with Crippen molar-refractivity contribution in [3.63, 3.8) is 0 Å². The quantitative estimate of drug-likeness (QED) is 0.727. The number of carbonyl (C=O) groups is 1. The summed E-state index contributed by atoms with van der Waals surface area (Å²) in [5.41, 5.74) is 4.69. The number of hydrogen-bond donors (Lipinski definition) is 1. The van der Waals surface area contributed by atoms with E-state index in [2.05, 4.69) is 4.99 Å². The minimum absolute atomic E-state index is 0.0965. The largest absolute Gasteiger partial charge is 0.484 e. The fraction of sp³-hybridized carbons (Fsp3) is 0.391. The molecule has 3 aliphatic rings. The van der Waals surface area contributed by atoms with Crippen LogP contribution in [0.1, 0.15) is 30.4 Å². The van der Waals surface area contributed by atoms with Crippen LogP contribution in [0.15, 0.2) is 47.5 Å². The van der Waals surface area contributed by atoms with Gasteiger partial charge in [0.05, 0.1) is 12.2 Å². The van der Waals surface area contributed by atoms with Crippen LogP contribution >= 0.6 is 0 Å². The second-order valence-corrected chi connectivity index (χ2v) is 8.60. The van der Waals surface area contributed by atoms with Gasteiger partial charge in [0.2, 0.25) is 0 Å². The van der Waals surface area contributed by atoms with Gasteiger partial charge < -0.3 is 15.2 Å². The first-order valence-electron chi connectivity index (χ1n) is 10.4. The van der Waals surface area contributed by atoms with E-state index in [-0.39, 0.29) is 18.3 Å². The topological polar surface area (TPSA) is 77.2 Å². The number of likely N-dealkylation sites (N-methyl/N-ethyl adjacent to an activating group) is 1. The van der Waals surface area contributed by atoms with Gasteiger partial charge >= 0.3 is 6.18 Å². The van der Waals surface area contributed by atoms with Crippen LogP contribution in [0.3, 0.4) is 0 Å². The fourth-order valence-corrected chi connectivity index (χ4v) is 4.86. The molecular formula is C23H22F3N3O3. The van der Waals surface area contributed by atoms with Gasteiger partial charge in [-0.2, -0.15) is 13.2 Å². The summed E-state index contributed by atoms with van der Waals surface area (Å²) in [6, 6.07) is 10.2. The first-order chi connectivity index (χ1) is 15.1. The van der Waals surface area contributed by atoms with Crippen LogP contribution in [0.25, 0.3) is 11.1 Å². The Labute approximate surface area is 182 Å². The maximum atomic E-state index is 13.4. The lowest BCUT2D eigenvalue weighted by Crippen LogP contribution is -2.55. The normalized spacial score (nSPS) is 27.4. The zero-order valence-corrected chi connectivity index (χ0v) is 17.4. The molecule has 2 unspecified atom stereocenters. The molecule has 6 nitrogen and oxygen atoms in total. The SMILES string of the molecule is CN1C(=O)C2(CC3(CCCOC3)Oc3ccc(-c4cccc(C(F)(F)F)c4)cc32)N=C1N. The molecule has 5 rings (SSSR count). The number of amides is 1. The van der Waals surface area contributed by atoms with Crippen LogP contribution < -0.4 is 10.5 Å². The molecule has 2 atom stereocenters. The fourth-order valence-electron chi connectivity index (χ4n) is 4.86. The molecule has 9 heteroatoms. The summed E-state index contributed by atoms with van der Waals surface area (Å²) in [6.07, 6.45) is -2.71. The van der Waals surface area contributed by atoms with Crippen LogP contribution in [-0.2, 0) is 21.2 Å². The number of fused-ring (bicyclic) bond motifs is 2. The highest BCUT2D eigenvalue weighted by Gasteiger charge is 2.58. The Hall–Kier alpha value is -3.07. The first kappa shape index (κ1) is 20.8. The molecule has 0 saturated carbocycles. The van der Waals surface area contributed by atoms with Crippen molar-refractivity contribution in [1.82, 2.24) is 4.90 Å². The zero-order valence-electron chi connectivity index (χ0n) is 17.4. The molecule has 1 saturated heterocycles. The molecule has 3 aliphatic heterocycles. The molecule has 2 N–H and O–H groups in total. The molecule has 168 valence electrons. The molecule has 32 heavy (non-hydrogen) atoms. The van der Waals surface area contributed by atoms with E-state index in [1.54, 1.807) is 31.3 Å². The number of ether oxygens (including phenoxy) is 2. The van der Waals surface area contributed by atoms with Crippen molar-refractivity contribution in [3.05, 3.63) is 53.6 Å². The predicted molar refractivity (Wildman–Crippen MR) is 111 cm³/mol. The summed E-state index contributed by atoms with van der Waals surface area (Å²) in [7, 11) is 1.56. The maximum absolute atomic E-state index is 13.4. The van der Waals surface area contributed by atoms with Crippen molar-refractivity contribution < 1.29 is 27.4 Å². The van der Waals surface area contributed by atoms with Crippen molar-refractivity contribution in [2.45, 2.75) is 36.6 Å². The molecule has 3 heterocycles. The highest BCUT2D eigenvalue weighted by Crippen LogP contribution is 2.52. The Kier molecular flexibility index (Phi) is 4.53. The van der Waals surface area contributed by atoms with Crippen LogP contribution in [0.5, 0.6) is 5.75 Å². The Balaban J connectivity index is 1.66. The van der Waals surface area contributed by atoms with E-state index >= 15 is 0 Å². The van der Waals surface area contributed by atoms with Crippen molar-refractivity contribution in [2.75, 3.05) is 20.3 Å². The monoisotopic (exact) mass is 445 g/mol. The van der Waals surface area contributed by atoms with Crippen molar-refractivity contribution in [1.29, 1.82) is 0 Å². The predicted octanol–water partition coefficient (Wildman–Crippen LogP) is 3.69. The first-order valence-corrected chi connectivity index (χ1v) is 10.4. The van der Waals surface area contributed by atoms with Gasteiger partial charge in [0.15, 0.2) is 11.5 Å². The molecule has 0 radical (unpaired) electrons. The van der Waals surface area contributed by atoms with Crippen LogP contribution in [0, 0.1) is 0 Å². The van der Waals surface area contributed by atoms with Gasteiger partial charge in [-0.3, -0.25) is 9.69 Å². The minimum atomic E-state index is -4.45. The van der Waals surface area contributed by atoms with Gasteiger partial charge in [-0.25, -0.2) is 4.99 Å². The summed E-state index contributed by atoms with van der Waals surface area (Å²) in [5, 5.41) is 0. The van der Waals surface area contributed by atoms with E-state index in [1.165, 1.54) is 11.0 Å². The number of carbonyl (C=O) groups excluding carboxylic acids is 1. The lowest BCUT2D eigenvalue weighted by molar-refractivity contribution is -0.139. The van der Waals surface area contributed by atoms with Gasteiger partial charge in [0.25, 0.3) is 5.91 Å². The standard InChI is InChI=1S/C23H22F3N3O3/c1-29-19(30)22(28-20(29)27)12-21(8-3-9-31-13-21)32-18-7-6-15(11-17(18)22)14-4-2-5-16(10-14)23(24,25)26/h2,4-7,10-11H,3,8-9,12-13H2,1H3,(H2,27,28). The van der Waals surface area contributed by atoms with E-state index in [4.69, 9.17) is 15.2 Å². The third kappa shape index (κ3) is 3.14. The smallest absolute Gasteiger partial charge is 0.416 e. The Morgan fingerprint density at radius 1 is 1.16 bits per heavy atom. The molecule has 1 fully saturated rings. The third-order valence-corrected chi connectivity index (χ3v) is 6.45. The average molecular weight is 445 g/mol. The lowest BCUT2D eigenvalue weighted by atomic mass is 9.74. The molecular weight excluding hydrogens is 423 g/mol. The summed E-state index contributed by atoms with van der Waals surface area (Å²) >= 11 is 0. The number of alkyl halides is 3. The van der Waals surface area contributed by atoms with Gasteiger partial charge in [0, 0.05) is 25.6 Å². The molecule has 1 amide bonds. The number of rotatable bonds is 1. The number of nitrogens with zero attached hydrogens (tertiary/aromatic N) is 2. The number of nitrogens with two attached hydrogens (primary N) is 1. The highest BCUT2D eigenvalue weighted by molar-refractivity contribution is 6.07. The minimum Gasteiger partial charge on any atom is -0.484 e. The van der Waals surface area contributed by atoms with E-state index in [0.717, 1.165) is 18.6 Å². The van der Waals surface area contributed by atoms with Gasteiger partial charge in [-0.05, 0) is 48.2 Å². The summed E-state index contributed by atoms with van der Waals surface area (Å²) in [5.74, 6) is 0.280. The van der Waals surface area contributed by atoms with Crippen LogP contribution in [-0.4, -0.2) is 42.6 Å². The molecule has 2 spiro atoms. The van der Waals surface area contributed by atoms with E-state index in [1.807, 2.05) is 0 Å². The van der Waals surface area contributed by atoms with Gasteiger partial charge in [-0.1, -0.05) is 18.2 Å². The molecule has 2 aromatic rings. The van der Waals surface area contributed by atoms with E-state index < -0.39 is 22.9 Å². The van der Waals surface area contributed by atoms with E-state index in [0.29, 0.717) is 42.1 Å². The summed E-state index contributed by atoms with van der Waals surface area (Å²) in [6.45, 7) is 0.953. The van der Waals surface area contributed by atoms with Crippen molar-refractivity contribution in [3.8, 4) is 16.9 Å². The second kappa shape index (κ2) is 6.96. The highest BCUT2D eigenvalue weighted by atomic mass is 19.4. The van der Waals surface area contributed by atoms with Crippen LogP contribution in [0.2, 0.25) is 0 Å². The summed E-state index contributed by atoms with van der Waals surface area (Å²) < 4.78 is 51.7. The van der Waals surface area contributed by atoms with Gasteiger partial charge in [-0.15, -0.1) is 0 Å². The molecule has 0 aliphatic carbocycles. The lowest BCUT2D eigenvalue weighted by Gasteiger charge is -2.46. The number of hydrogen-bond acceptors (Lipinski definition) is 5. The average Bonchev–Trinajstić information content (AvgIpc) is 2.97. The van der Waals surface area contributed by atoms with E-state index in [9.17, 15) is 18.0 Å². The Morgan fingerprint density at radius 3 is 2.59 bits per heavy atom. The van der Waals surface area contributed by atoms with Crippen molar-refractivity contribution >= 4 is 11.9 Å². The molecule has 0 aromatic heterocycles. The van der Waals surface area contributed by atoms with Gasteiger partial charge in [0.1, 0.15) is 11.4 Å². The number of guanidine groups is 1. The Bertz CT molecular complexity index is 1120. The van der Waals surface area contributed by atoms with Crippen molar-refractivity contribution in [2.24, 2.45) is 10.7 Å². The third-order valence-electron chi connectivity index (χ3n) is 6.45. The summed E-state index contributed by atoms with van der Waals surface area (Å²) in [4.78, 5) is 19.3. The van der Waals surface area contributed by atoms with Crippen LogP contribution in [0.4, 0.5) is 13.2 Å². The zero-order chi connectivity index (χ0) is 22.7. The number of benzene rings is 2. The molecule has 0 bridgehead atoms.